The first kappa shape index (κ1) is 15.3. The lowest BCUT2D eigenvalue weighted by molar-refractivity contribution is 0.0289. The molecule has 2 fully saturated rings. The van der Waals surface area contributed by atoms with Crippen LogP contribution in [0.25, 0.3) is 0 Å². The highest BCUT2D eigenvalue weighted by atomic mass is 15.3. The average Bonchev–Trinajstić information content (AvgIpc) is 2.39. The molecule has 1 heterocycles. The van der Waals surface area contributed by atoms with Gasteiger partial charge in [0, 0.05) is 30.7 Å². The highest BCUT2D eigenvalue weighted by Gasteiger charge is 2.36. The molecule has 19 heavy (non-hydrogen) atoms. The number of hydrogen-bond acceptors (Lipinski definition) is 2. The van der Waals surface area contributed by atoms with E-state index in [9.17, 15) is 0 Å². The van der Waals surface area contributed by atoms with Gasteiger partial charge in [0.1, 0.15) is 0 Å². The fraction of sp³-hybridized carbons (Fsp3) is 1.00. The third-order valence-corrected chi connectivity index (χ3v) is 5.32. The Labute approximate surface area is 120 Å². The van der Waals surface area contributed by atoms with Crippen LogP contribution < -0.4 is 5.32 Å². The van der Waals surface area contributed by atoms with E-state index in [1.54, 1.807) is 0 Å². The zero-order valence-corrected chi connectivity index (χ0v) is 13.5. The van der Waals surface area contributed by atoms with Crippen LogP contribution in [-0.2, 0) is 0 Å². The van der Waals surface area contributed by atoms with Gasteiger partial charge in [-0.25, -0.2) is 0 Å². The Bertz CT molecular complexity index is 266. The fourth-order valence-electron chi connectivity index (χ4n) is 4.13. The van der Waals surface area contributed by atoms with Crippen molar-refractivity contribution >= 4 is 0 Å². The zero-order chi connectivity index (χ0) is 13.9. The van der Waals surface area contributed by atoms with E-state index in [0.29, 0.717) is 5.54 Å². The molecule has 1 atom stereocenters. The van der Waals surface area contributed by atoms with Crippen LogP contribution in [0.1, 0.15) is 72.6 Å². The normalized spacial score (nSPS) is 36.3. The first-order chi connectivity index (χ1) is 9.05. The van der Waals surface area contributed by atoms with Crippen LogP contribution in [0.15, 0.2) is 0 Å². The Morgan fingerprint density at radius 3 is 2.37 bits per heavy atom. The van der Waals surface area contributed by atoms with E-state index >= 15 is 0 Å². The van der Waals surface area contributed by atoms with Crippen LogP contribution in [0.2, 0.25) is 0 Å². The smallest absolute Gasteiger partial charge is 0.0253 e. The minimum Gasteiger partial charge on any atom is -0.309 e. The van der Waals surface area contributed by atoms with E-state index in [4.69, 9.17) is 0 Å². The van der Waals surface area contributed by atoms with Gasteiger partial charge in [0.15, 0.2) is 0 Å². The summed E-state index contributed by atoms with van der Waals surface area (Å²) < 4.78 is 0. The minimum absolute atomic E-state index is 0.298. The van der Waals surface area contributed by atoms with Gasteiger partial charge in [0.05, 0.1) is 0 Å². The van der Waals surface area contributed by atoms with E-state index in [-0.39, 0.29) is 0 Å². The number of hydrogen-bond donors (Lipinski definition) is 1. The van der Waals surface area contributed by atoms with Crippen LogP contribution in [0, 0.1) is 5.92 Å². The van der Waals surface area contributed by atoms with E-state index in [1.807, 2.05) is 0 Å². The molecule has 1 aliphatic carbocycles. The van der Waals surface area contributed by atoms with Crippen LogP contribution in [0.5, 0.6) is 0 Å². The van der Waals surface area contributed by atoms with E-state index in [0.717, 1.165) is 18.0 Å². The molecule has 0 aromatic carbocycles. The number of piperazine rings is 1. The molecule has 2 nitrogen and oxygen atoms in total. The second-order valence-electron chi connectivity index (χ2n) is 7.46. The van der Waals surface area contributed by atoms with Crippen molar-refractivity contribution in [2.24, 2.45) is 5.92 Å². The highest BCUT2D eigenvalue weighted by Crippen LogP contribution is 2.33. The van der Waals surface area contributed by atoms with Gasteiger partial charge in [-0.1, -0.05) is 26.7 Å². The fourth-order valence-corrected chi connectivity index (χ4v) is 4.13. The Balaban J connectivity index is 1.92. The monoisotopic (exact) mass is 266 g/mol. The van der Waals surface area contributed by atoms with Crippen LogP contribution in [0.4, 0.5) is 0 Å². The topological polar surface area (TPSA) is 15.3 Å². The summed E-state index contributed by atoms with van der Waals surface area (Å²) in [5, 5.41) is 3.72. The molecule has 0 aromatic rings. The van der Waals surface area contributed by atoms with Gasteiger partial charge >= 0.3 is 0 Å². The van der Waals surface area contributed by atoms with Crippen molar-refractivity contribution in [2.45, 2.75) is 90.3 Å². The van der Waals surface area contributed by atoms with Crippen molar-refractivity contribution in [3.8, 4) is 0 Å². The summed E-state index contributed by atoms with van der Waals surface area (Å²) in [5.41, 5.74) is 0.298. The highest BCUT2D eigenvalue weighted by molar-refractivity contribution is 4.95. The summed E-state index contributed by atoms with van der Waals surface area (Å²) in [6.45, 7) is 11.8. The van der Waals surface area contributed by atoms with E-state index < -0.39 is 0 Å². The second kappa shape index (κ2) is 6.58. The van der Waals surface area contributed by atoms with Crippen molar-refractivity contribution in [1.29, 1.82) is 0 Å². The van der Waals surface area contributed by atoms with Gasteiger partial charge in [-0.05, 0) is 51.9 Å². The number of nitrogens with zero attached hydrogens (tertiary/aromatic N) is 1. The maximum Gasteiger partial charge on any atom is 0.0253 e. The van der Waals surface area contributed by atoms with Gasteiger partial charge in [-0.3, -0.25) is 4.90 Å². The molecule has 0 spiro atoms. The molecule has 1 saturated carbocycles. The minimum atomic E-state index is 0.298. The van der Waals surface area contributed by atoms with Gasteiger partial charge in [0.25, 0.3) is 0 Å². The molecule has 1 unspecified atom stereocenters. The van der Waals surface area contributed by atoms with Gasteiger partial charge in [-0.2, -0.15) is 0 Å². The van der Waals surface area contributed by atoms with Gasteiger partial charge < -0.3 is 5.32 Å². The third kappa shape index (κ3) is 3.95. The Morgan fingerprint density at radius 2 is 1.79 bits per heavy atom. The molecule has 0 radical (unpaired) electrons. The molecular formula is C17H34N2. The Kier molecular flexibility index (Phi) is 5.30. The second-order valence-corrected chi connectivity index (χ2v) is 7.46. The molecule has 0 bridgehead atoms. The third-order valence-electron chi connectivity index (χ3n) is 5.32. The van der Waals surface area contributed by atoms with Crippen LogP contribution >= 0.6 is 0 Å². The first-order valence-electron chi connectivity index (χ1n) is 8.56. The summed E-state index contributed by atoms with van der Waals surface area (Å²) in [4.78, 5) is 2.85. The summed E-state index contributed by atoms with van der Waals surface area (Å²) in [6.07, 6.45) is 9.94. The van der Waals surface area contributed by atoms with Crippen LogP contribution in [0.3, 0.4) is 0 Å². The quantitative estimate of drug-likeness (QED) is 0.832. The first-order valence-corrected chi connectivity index (χ1v) is 8.56. The lowest BCUT2D eigenvalue weighted by Crippen LogP contribution is -2.64. The molecule has 0 aromatic heterocycles. The molecule has 2 rings (SSSR count). The van der Waals surface area contributed by atoms with Crippen molar-refractivity contribution in [2.75, 3.05) is 13.1 Å². The number of nitrogens with one attached hydrogen (secondary N) is 1. The Hall–Kier alpha value is -0.0800. The molecule has 1 N–H and O–H groups in total. The van der Waals surface area contributed by atoms with E-state index in [2.05, 4.69) is 37.9 Å². The standard InChI is InChI=1S/C17H34N2/c1-5-7-14-8-10-16(11-9-14)19-13-17(3,4)18-12-15(19)6-2/h14-16,18H,5-13H2,1-4H3. The average molecular weight is 266 g/mol. The van der Waals surface area contributed by atoms with Crippen molar-refractivity contribution in [3.63, 3.8) is 0 Å². The van der Waals surface area contributed by atoms with E-state index in [1.165, 1.54) is 58.0 Å². The molecule has 112 valence electrons. The molecule has 0 amide bonds. The molecule has 1 aliphatic heterocycles. The molecule has 1 saturated heterocycles. The molecule has 2 aliphatic rings. The predicted octanol–water partition coefficient (Wildman–Crippen LogP) is 3.81. The largest absolute Gasteiger partial charge is 0.309 e. The maximum absolute atomic E-state index is 3.72. The summed E-state index contributed by atoms with van der Waals surface area (Å²) in [7, 11) is 0. The summed E-state index contributed by atoms with van der Waals surface area (Å²) >= 11 is 0. The van der Waals surface area contributed by atoms with Crippen molar-refractivity contribution in [1.82, 2.24) is 10.2 Å². The van der Waals surface area contributed by atoms with Crippen LogP contribution in [-0.4, -0.2) is 35.6 Å². The molecular weight excluding hydrogens is 232 g/mol. The van der Waals surface area contributed by atoms with Crippen molar-refractivity contribution < 1.29 is 0 Å². The predicted molar refractivity (Wildman–Crippen MR) is 83.5 cm³/mol. The summed E-state index contributed by atoms with van der Waals surface area (Å²) in [5.74, 6) is 1.03. The number of rotatable bonds is 4. The van der Waals surface area contributed by atoms with Gasteiger partial charge in [0.2, 0.25) is 0 Å². The molecule has 2 heteroatoms. The SMILES string of the molecule is CCCC1CCC(N2CC(C)(C)NCC2CC)CC1. The lowest BCUT2D eigenvalue weighted by Gasteiger charge is -2.49. The summed E-state index contributed by atoms with van der Waals surface area (Å²) in [6, 6.07) is 1.63. The zero-order valence-electron chi connectivity index (χ0n) is 13.5. The van der Waals surface area contributed by atoms with Crippen molar-refractivity contribution in [3.05, 3.63) is 0 Å². The lowest BCUT2D eigenvalue weighted by atomic mass is 9.81. The maximum atomic E-state index is 3.72. The Morgan fingerprint density at radius 1 is 1.11 bits per heavy atom. The van der Waals surface area contributed by atoms with Gasteiger partial charge in [-0.15, -0.1) is 0 Å².